The quantitative estimate of drug-likeness (QED) is 0.452. The molecule has 0 atom stereocenters. The van der Waals surface area contributed by atoms with Crippen molar-refractivity contribution in [2.24, 2.45) is 10.4 Å². The lowest BCUT2D eigenvalue weighted by molar-refractivity contribution is 0.203. The van der Waals surface area contributed by atoms with Crippen LogP contribution in [0.25, 0.3) is 0 Å². The maximum atomic E-state index is 4.37. The Morgan fingerprint density at radius 1 is 1.35 bits per heavy atom. The van der Waals surface area contributed by atoms with Gasteiger partial charge in [-0.2, -0.15) is 0 Å². The van der Waals surface area contributed by atoms with Gasteiger partial charge in [0.1, 0.15) is 0 Å². The minimum Gasteiger partial charge on any atom is -0.353 e. The first-order valence-corrected chi connectivity index (χ1v) is 6.86. The van der Waals surface area contributed by atoms with E-state index in [1.54, 1.807) is 0 Å². The second kappa shape index (κ2) is 5.56. The minimum absolute atomic E-state index is 0.601. The maximum absolute atomic E-state index is 4.37. The first kappa shape index (κ1) is 12.5. The second-order valence-electron chi connectivity index (χ2n) is 5.45. The van der Waals surface area contributed by atoms with E-state index in [2.05, 4.69) is 21.8 Å². The summed E-state index contributed by atoms with van der Waals surface area (Å²) in [4.78, 5) is 6.79. The van der Waals surface area contributed by atoms with Crippen molar-refractivity contribution in [1.82, 2.24) is 10.2 Å². The molecule has 0 aromatic carbocycles. The predicted octanol–water partition coefficient (Wildman–Crippen LogP) is 2.40. The molecular formula is C14H25N3. The lowest BCUT2D eigenvalue weighted by atomic mass is 9.73. The molecule has 0 aromatic heterocycles. The van der Waals surface area contributed by atoms with Crippen LogP contribution >= 0.6 is 0 Å². The van der Waals surface area contributed by atoms with Crippen molar-refractivity contribution in [2.75, 3.05) is 26.7 Å². The molecule has 1 aliphatic heterocycles. The first-order valence-electron chi connectivity index (χ1n) is 6.86. The van der Waals surface area contributed by atoms with Gasteiger partial charge in [0.15, 0.2) is 5.96 Å². The summed E-state index contributed by atoms with van der Waals surface area (Å²) in [7, 11) is 1.87. The summed E-state index contributed by atoms with van der Waals surface area (Å²) in [6, 6.07) is 0. The monoisotopic (exact) mass is 235 g/mol. The van der Waals surface area contributed by atoms with Gasteiger partial charge < -0.3 is 10.2 Å². The van der Waals surface area contributed by atoms with Crippen molar-refractivity contribution < 1.29 is 0 Å². The van der Waals surface area contributed by atoms with Gasteiger partial charge in [-0.05, 0) is 24.7 Å². The summed E-state index contributed by atoms with van der Waals surface area (Å²) < 4.78 is 0. The number of rotatable bonds is 2. The van der Waals surface area contributed by atoms with E-state index in [0.717, 1.165) is 19.0 Å². The highest BCUT2D eigenvalue weighted by Crippen LogP contribution is 2.43. The molecule has 1 spiro atoms. The number of likely N-dealkylation sites (tertiary alicyclic amines) is 1. The molecule has 1 saturated carbocycles. The molecule has 2 rings (SSSR count). The van der Waals surface area contributed by atoms with E-state index < -0.39 is 0 Å². The second-order valence-corrected chi connectivity index (χ2v) is 5.45. The Labute approximate surface area is 105 Å². The molecule has 1 aliphatic carbocycles. The molecule has 1 heterocycles. The lowest BCUT2D eigenvalue weighted by Gasteiger charge is -2.33. The molecule has 2 fully saturated rings. The van der Waals surface area contributed by atoms with Crippen molar-refractivity contribution >= 4 is 5.96 Å². The maximum Gasteiger partial charge on any atom is 0.193 e. The largest absolute Gasteiger partial charge is 0.353 e. The van der Waals surface area contributed by atoms with Gasteiger partial charge in [0, 0.05) is 26.7 Å². The zero-order chi connectivity index (χ0) is 12.1. The van der Waals surface area contributed by atoms with E-state index in [9.17, 15) is 0 Å². The van der Waals surface area contributed by atoms with Gasteiger partial charge in [-0.15, -0.1) is 6.58 Å². The van der Waals surface area contributed by atoms with E-state index in [1.165, 1.54) is 45.1 Å². The fraction of sp³-hybridized carbons (Fsp3) is 0.786. The van der Waals surface area contributed by atoms with Crippen LogP contribution in [-0.4, -0.2) is 37.5 Å². The Hall–Kier alpha value is -0.990. The van der Waals surface area contributed by atoms with Gasteiger partial charge in [-0.3, -0.25) is 4.99 Å². The van der Waals surface area contributed by atoms with E-state index in [4.69, 9.17) is 0 Å². The Morgan fingerprint density at radius 2 is 2.12 bits per heavy atom. The number of aliphatic imine (C=N–C) groups is 1. The molecule has 17 heavy (non-hydrogen) atoms. The first-order chi connectivity index (χ1) is 8.29. The van der Waals surface area contributed by atoms with Crippen molar-refractivity contribution in [3.05, 3.63) is 12.7 Å². The summed E-state index contributed by atoms with van der Waals surface area (Å²) in [5, 5.41) is 3.34. The molecule has 1 N–H and O–H groups in total. The molecular weight excluding hydrogens is 210 g/mol. The van der Waals surface area contributed by atoms with Gasteiger partial charge >= 0.3 is 0 Å². The van der Waals surface area contributed by atoms with Crippen LogP contribution in [-0.2, 0) is 0 Å². The average Bonchev–Trinajstić information content (AvgIpc) is 2.75. The van der Waals surface area contributed by atoms with Crippen LogP contribution in [0, 0.1) is 5.41 Å². The average molecular weight is 235 g/mol. The summed E-state index contributed by atoms with van der Waals surface area (Å²) in [6.45, 7) is 6.90. The molecule has 3 heteroatoms. The molecule has 96 valence electrons. The fourth-order valence-electron chi connectivity index (χ4n) is 3.32. The molecule has 1 saturated heterocycles. The van der Waals surface area contributed by atoms with E-state index in [0.29, 0.717) is 5.41 Å². The summed E-state index contributed by atoms with van der Waals surface area (Å²) in [5.41, 5.74) is 0.601. The van der Waals surface area contributed by atoms with Gasteiger partial charge in [0.05, 0.1) is 0 Å². The fourth-order valence-corrected chi connectivity index (χ4v) is 3.32. The van der Waals surface area contributed by atoms with E-state index >= 15 is 0 Å². The van der Waals surface area contributed by atoms with Crippen LogP contribution in [0.15, 0.2) is 17.6 Å². The van der Waals surface area contributed by atoms with Gasteiger partial charge in [-0.25, -0.2) is 0 Å². The number of hydrogen-bond acceptors (Lipinski definition) is 1. The summed E-state index contributed by atoms with van der Waals surface area (Å²) in [6.07, 6.45) is 10.4. The van der Waals surface area contributed by atoms with Crippen LogP contribution < -0.4 is 5.32 Å². The van der Waals surface area contributed by atoms with Crippen molar-refractivity contribution in [3.8, 4) is 0 Å². The normalized spacial score (nSPS) is 24.1. The standard InChI is InChI=1S/C14H25N3/c1-3-10-16-13(15-2)17-11-9-14(12-17)7-5-4-6-8-14/h3H,1,4-12H2,2H3,(H,15,16). The Kier molecular flexibility index (Phi) is 4.08. The molecule has 0 radical (unpaired) electrons. The van der Waals surface area contributed by atoms with Crippen LogP contribution in [0.1, 0.15) is 38.5 Å². The highest BCUT2D eigenvalue weighted by molar-refractivity contribution is 5.80. The molecule has 0 unspecified atom stereocenters. The number of hydrogen-bond donors (Lipinski definition) is 1. The number of nitrogens with one attached hydrogen (secondary N) is 1. The molecule has 0 aromatic rings. The number of nitrogens with zero attached hydrogens (tertiary/aromatic N) is 2. The van der Waals surface area contributed by atoms with Crippen molar-refractivity contribution in [2.45, 2.75) is 38.5 Å². The zero-order valence-electron chi connectivity index (χ0n) is 11.0. The highest BCUT2D eigenvalue weighted by Gasteiger charge is 2.39. The van der Waals surface area contributed by atoms with Crippen LogP contribution in [0.5, 0.6) is 0 Å². The highest BCUT2D eigenvalue weighted by atomic mass is 15.3. The number of guanidine groups is 1. The molecule has 0 bridgehead atoms. The predicted molar refractivity (Wildman–Crippen MR) is 73.3 cm³/mol. The molecule has 3 nitrogen and oxygen atoms in total. The van der Waals surface area contributed by atoms with Gasteiger partial charge in [0.25, 0.3) is 0 Å². The summed E-state index contributed by atoms with van der Waals surface area (Å²) >= 11 is 0. The van der Waals surface area contributed by atoms with E-state index in [-0.39, 0.29) is 0 Å². The summed E-state index contributed by atoms with van der Waals surface area (Å²) in [5.74, 6) is 1.05. The SMILES string of the molecule is C=CCNC(=NC)N1CCC2(CCCCC2)C1. The smallest absolute Gasteiger partial charge is 0.193 e. The van der Waals surface area contributed by atoms with Crippen LogP contribution in [0.2, 0.25) is 0 Å². The lowest BCUT2D eigenvalue weighted by Crippen LogP contribution is -2.41. The topological polar surface area (TPSA) is 27.6 Å². The van der Waals surface area contributed by atoms with Crippen molar-refractivity contribution in [1.29, 1.82) is 0 Å². The molecule has 2 aliphatic rings. The Balaban J connectivity index is 1.93. The minimum atomic E-state index is 0.601. The van der Waals surface area contributed by atoms with E-state index in [1.807, 2.05) is 13.1 Å². The zero-order valence-corrected chi connectivity index (χ0v) is 11.0. The van der Waals surface area contributed by atoms with Gasteiger partial charge in [0.2, 0.25) is 0 Å². The van der Waals surface area contributed by atoms with Crippen LogP contribution in [0.3, 0.4) is 0 Å². The van der Waals surface area contributed by atoms with Crippen molar-refractivity contribution in [3.63, 3.8) is 0 Å². The Bertz CT molecular complexity index is 290. The van der Waals surface area contributed by atoms with Crippen LogP contribution in [0.4, 0.5) is 0 Å². The third-order valence-corrected chi connectivity index (χ3v) is 4.27. The Morgan fingerprint density at radius 3 is 2.76 bits per heavy atom. The molecule has 0 amide bonds. The third kappa shape index (κ3) is 2.82. The third-order valence-electron chi connectivity index (χ3n) is 4.27. The van der Waals surface area contributed by atoms with Gasteiger partial charge in [-0.1, -0.05) is 25.3 Å².